The zero-order valence-corrected chi connectivity index (χ0v) is 51.8. The van der Waals surface area contributed by atoms with Crippen molar-refractivity contribution in [2.24, 2.45) is 5.73 Å². The van der Waals surface area contributed by atoms with Gasteiger partial charge in [-0.25, -0.2) is 4.57 Å². The molecule has 2 atom stereocenters. The summed E-state index contributed by atoms with van der Waals surface area (Å²) >= 11 is 0. The number of unbranched alkanes of at least 4 members (excludes halogenated alkanes) is 37. The van der Waals surface area contributed by atoms with Gasteiger partial charge in [0.15, 0.2) is 6.10 Å². The molecule has 0 rings (SSSR count). The van der Waals surface area contributed by atoms with E-state index in [0.29, 0.717) is 6.42 Å². The van der Waals surface area contributed by atoms with E-state index in [0.717, 1.165) is 83.5 Å². The molecule has 0 saturated carbocycles. The normalized spacial score (nSPS) is 13.4. The summed E-state index contributed by atoms with van der Waals surface area (Å²) in [6.07, 6.45) is 82.9. The summed E-state index contributed by atoms with van der Waals surface area (Å²) in [6.45, 7) is 3.63. The molecule has 0 bridgehead atoms. The van der Waals surface area contributed by atoms with Crippen molar-refractivity contribution in [3.05, 3.63) is 72.9 Å². The van der Waals surface area contributed by atoms with Crippen LogP contribution in [-0.4, -0.2) is 49.3 Å². The molecule has 0 fully saturated rings. The molecule has 0 aliphatic heterocycles. The van der Waals surface area contributed by atoms with Crippen molar-refractivity contribution in [1.82, 2.24) is 0 Å². The second-order valence-corrected chi connectivity index (χ2v) is 23.4. The van der Waals surface area contributed by atoms with Crippen molar-refractivity contribution < 1.29 is 37.6 Å². The number of phosphoric ester groups is 1. The summed E-state index contributed by atoms with van der Waals surface area (Å²) in [4.78, 5) is 35.2. The van der Waals surface area contributed by atoms with Crippen LogP contribution in [0.15, 0.2) is 72.9 Å². The summed E-state index contributed by atoms with van der Waals surface area (Å²) in [7, 11) is -4.39. The second-order valence-electron chi connectivity index (χ2n) is 22.0. The first kappa shape index (κ1) is 75.5. The van der Waals surface area contributed by atoms with Crippen LogP contribution >= 0.6 is 7.82 Å². The summed E-state index contributed by atoms with van der Waals surface area (Å²) in [5.41, 5.74) is 5.38. The number of nitrogens with two attached hydrogens (primary N) is 1. The van der Waals surface area contributed by atoms with Gasteiger partial charge in [-0.1, -0.05) is 292 Å². The molecule has 0 heterocycles. The Kier molecular flexibility index (Phi) is 61.5. The van der Waals surface area contributed by atoms with Crippen molar-refractivity contribution in [3.8, 4) is 0 Å². The monoisotopic (exact) mass is 1110 g/mol. The van der Waals surface area contributed by atoms with Crippen LogP contribution in [0.4, 0.5) is 0 Å². The van der Waals surface area contributed by atoms with Crippen molar-refractivity contribution in [1.29, 1.82) is 0 Å². The van der Waals surface area contributed by atoms with Gasteiger partial charge >= 0.3 is 19.8 Å². The topological polar surface area (TPSA) is 134 Å². The van der Waals surface area contributed by atoms with Gasteiger partial charge in [0.2, 0.25) is 0 Å². The fourth-order valence-corrected chi connectivity index (χ4v) is 10.2. The third-order valence-corrected chi connectivity index (χ3v) is 15.3. The molecule has 0 aliphatic carbocycles. The highest BCUT2D eigenvalue weighted by molar-refractivity contribution is 7.47. The van der Waals surface area contributed by atoms with E-state index in [-0.39, 0.29) is 32.6 Å². The quantitative estimate of drug-likeness (QED) is 0.0264. The molecule has 0 radical (unpaired) electrons. The standard InChI is InChI=1S/C68H124NO8P/c1-3-5-7-9-11-13-15-17-19-21-22-23-24-25-26-27-28-29-30-31-32-33-34-35-36-37-38-39-40-41-42-43-44-45-47-49-51-53-55-57-59-61-68(71)77-66(65-76-78(72,73)75-63-62-69)64-74-67(70)60-58-56-54-52-50-48-46-20-18-16-14-12-10-8-6-4-2/h5,7,11,13-14,16-17,19-20,22-23,46,66H,3-4,6,8-10,12,15,18,21,24-45,47-65,69H2,1-2H3,(H,72,73)/b7-5-,13-11-,16-14-,19-17-,23-22-,46-20-. The highest BCUT2D eigenvalue weighted by Crippen LogP contribution is 2.43. The number of rotatable bonds is 62. The van der Waals surface area contributed by atoms with Gasteiger partial charge < -0.3 is 20.1 Å². The van der Waals surface area contributed by atoms with Crippen LogP contribution < -0.4 is 5.73 Å². The third kappa shape index (κ3) is 62.6. The van der Waals surface area contributed by atoms with E-state index >= 15 is 0 Å². The van der Waals surface area contributed by atoms with E-state index in [1.807, 2.05) is 0 Å². The van der Waals surface area contributed by atoms with Crippen LogP contribution in [0, 0.1) is 0 Å². The van der Waals surface area contributed by atoms with Crippen LogP contribution in [0.3, 0.4) is 0 Å². The number of hydrogen-bond acceptors (Lipinski definition) is 8. The van der Waals surface area contributed by atoms with Gasteiger partial charge in [-0.15, -0.1) is 0 Å². The number of esters is 2. The zero-order valence-electron chi connectivity index (χ0n) is 50.9. The van der Waals surface area contributed by atoms with Gasteiger partial charge in [-0.3, -0.25) is 18.6 Å². The van der Waals surface area contributed by atoms with E-state index in [4.69, 9.17) is 24.3 Å². The zero-order chi connectivity index (χ0) is 56.6. The highest BCUT2D eigenvalue weighted by Gasteiger charge is 2.26. The Bertz CT molecular complexity index is 1510. The SMILES string of the molecule is CC/C=C\C/C=C\C/C=C\C/C=C\CCCCCCCCCCCCCCCCCCCCCCCCCCCCCCC(=O)OC(COC(=O)CCCCCCC/C=C\C/C=C\CCCCCC)COP(=O)(O)OCCN. The molecule has 0 aromatic heterocycles. The largest absolute Gasteiger partial charge is 0.472 e. The van der Waals surface area contributed by atoms with E-state index in [1.165, 1.54) is 199 Å². The van der Waals surface area contributed by atoms with Crippen molar-refractivity contribution in [2.45, 2.75) is 322 Å². The Morgan fingerprint density at radius 1 is 0.397 bits per heavy atom. The first-order valence-electron chi connectivity index (χ1n) is 32.9. The Morgan fingerprint density at radius 2 is 0.705 bits per heavy atom. The predicted molar refractivity (Wildman–Crippen MR) is 335 cm³/mol. The number of ether oxygens (including phenoxy) is 2. The molecule has 0 amide bonds. The molecule has 0 aromatic carbocycles. The fourth-order valence-electron chi connectivity index (χ4n) is 9.48. The van der Waals surface area contributed by atoms with Crippen LogP contribution in [-0.2, 0) is 32.7 Å². The number of phosphoric acid groups is 1. The van der Waals surface area contributed by atoms with E-state index < -0.39 is 32.5 Å². The van der Waals surface area contributed by atoms with Gasteiger partial charge in [0.1, 0.15) is 6.61 Å². The number of carbonyl (C=O) groups is 2. The summed E-state index contributed by atoms with van der Waals surface area (Å²) in [5.74, 6) is -0.832. The minimum Gasteiger partial charge on any atom is -0.462 e. The Hall–Kier alpha value is -2.55. The maximum absolute atomic E-state index is 12.7. The van der Waals surface area contributed by atoms with Gasteiger partial charge in [-0.05, 0) is 83.5 Å². The molecule has 0 aromatic rings. The second kappa shape index (κ2) is 63.6. The minimum atomic E-state index is -4.39. The molecule has 3 N–H and O–H groups in total. The lowest BCUT2D eigenvalue weighted by molar-refractivity contribution is -0.161. The Labute approximate surface area is 482 Å². The molecule has 0 saturated heterocycles. The maximum Gasteiger partial charge on any atom is 0.472 e. The highest BCUT2D eigenvalue weighted by atomic mass is 31.2. The Morgan fingerprint density at radius 3 is 1.05 bits per heavy atom. The summed E-state index contributed by atoms with van der Waals surface area (Å²) in [5, 5.41) is 0. The molecular weight excluding hydrogens is 990 g/mol. The predicted octanol–water partition coefficient (Wildman–Crippen LogP) is 21.2. The minimum absolute atomic E-state index is 0.0515. The van der Waals surface area contributed by atoms with Crippen LogP contribution in [0.25, 0.3) is 0 Å². The molecule has 454 valence electrons. The average Bonchev–Trinajstić information content (AvgIpc) is 3.43. The van der Waals surface area contributed by atoms with Crippen molar-refractivity contribution in [3.63, 3.8) is 0 Å². The molecule has 9 nitrogen and oxygen atoms in total. The van der Waals surface area contributed by atoms with Crippen LogP contribution in [0.2, 0.25) is 0 Å². The van der Waals surface area contributed by atoms with Crippen molar-refractivity contribution >= 4 is 19.8 Å². The fraction of sp³-hybridized carbons (Fsp3) is 0.794. The van der Waals surface area contributed by atoms with Gasteiger partial charge in [0.05, 0.1) is 13.2 Å². The molecule has 0 aliphatic rings. The van der Waals surface area contributed by atoms with Gasteiger partial charge in [0, 0.05) is 19.4 Å². The first-order valence-corrected chi connectivity index (χ1v) is 34.4. The maximum atomic E-state index is 12.7. The smallest absolute Gasteiger partial charge is 0.462 e. The molecule has 2 unspecified atom stereocenters. The molecule has 78 heavy (non-hydrogen) atoms. The third-order valence-electron chi connectivity index (χ3n) is 14.3. The first-order chi connectivity index (χ1) is 38.3. The lowest BCUT2D eigenvalue weighted by atomic mass is 10.0. The number of carbonyl (C=O) groups excluding carboxylic acids is 2. The van der Waals surface area contributed by atoms with Gasteiger partial charge in [0.25, 0.3) is 0 Å². The average molecular weight is 1110 g/mol. The summed E-state index contributed by atoms with van der Waals surface area (Å²) < 4.78 is 33.0. The van der Waals surface area contributed by atoms with Crippen LogP contribution in [0.1, 0.15) is 316 Å². The lowest BCUT2D eigenvalue weighted by Crippen LogP contribution is -2.29. The molecule has 10 heteroatoms. The summed E-state index contributed by atoms with van der Waals surface area (Å²) in [6, 6.07) is 0. The van der Waals surface area contributed by atoms with E-state index in [1.54, 1.807) is 0 Å². The van der Waals surface area contributed by atoms with E-state index in [9.17, 15) is 19.0 Å². The Balaban J connectivity index is 3.75. The van der Waals surface area contributed by atoms with Gasteiger partial charge in [-0.2, -0.15) is 0 Å². The van der Waals surface area contributed by atoms with E-state index in [2.05, 4.69) is 86.8 Å². The molecular formula is C68H124NO8P. The molecule has 0 spiro atoms. The van der Waals surface area contributed by atoms with Crippen molar-refractivity contribution in [2.75, 3.05) is 26.4 Å². The lowest BCUT2D eigenvalue weighted by Gasteiger charge is -2.19. The number of allylic oxidation sites excluding steroid dienone is 12. The van der Waals surface area contributed by atoms with Crippen LogP contribution in [0.5, 0.6) is 0 Å². The number of hydrogen-bond donors (Lipinski definition) is 2.